The second-order valence-corrected chi connectivity index (χ2v) is 28.4. The van der Waals surface area contributed by atoms with Crippen LogP contribution in [0.2, 0.25) is 17.3 Å². The zero-order valence-corrected chi connectivity index (χ0v) is 41.2. The quantitative estimate of drug-likeness (QED) is 0.107. The summed E-state index contributed by atoms with van der Waals surface area (Å²) in [5.41, 5.74) is 13.6. The minimum Gasteiger partial charge on any atom is -0.486 e. The predicted molar refractivity (Wildman–Crippen MR) is 254 cm³/mol. The number of pyridine rings is 2. The molecule has 0 aliphatic carbocycles. The number of hydrogen-bond acceptors (Lipinski definition) is 4. The van der Waals surface area contributed by atoms with Crippen molar-refractivity contribution in [3.05, 3.63) is 162 Å². The van der Waals surface area contributed by atoms with Crippen molar-refractivity contribution < 1.29 is 24.5 Å². The summed E-state index contributed by atoms with van der Waals surface area (Å²) in [6.07, 6.45) is 3.27. The molecule has 0 spiro atoms. The zero-order chi connectivity index (χ0) is 42.1. The van der Waals surface area contributed by atoms with Crippen LogP contribution in [-0.2, 0) is 26.5 Å². The minimum absolute atomic E-state index is 0. The van der Waals surface area contributed by atoms with Crippen LogP contribution in [0.3, 0.4) is 0 Å². The molecule has 0 saturated carbocycles. The molecule has 4 heterocycles. The second kappa shape index (κ2) is 18.5. The molecule has 311 valence electrons. The Labute approximate surface area is 377 Å². The Morgan fingerprint density at radius 2 is 1.38 bits per heavy atom. The molecular weight excluding hydrogens is 985 g/mol. The molecule has 0 aliphatic rings. The zero-order valence-electron chi connectivity index (χ0n) is 36.7. The third-order valence-electron chi connectivity index (χ3n) is 11.1. The summed E-state index contributed by atoms with van der Waals surface area (Å²) in [7, 11) is 0. The molecule has 4 aromatic heterocycles. The number of benzene rings is 5. The molecule has 0 N–H and O–H groups in total. The molecule has 0 fully saturated rings. The van der Waals surface area contributed by atoms with Crippen LogP contribution in [0.5, 0.6) is 0 Å². The van der Waals surface area contributed by atoms with E-state index in [0.717, 1.165) is 67.7 Å². The monoisotopic (exact) mass is 1040 g/mol. The molecule has 0 aliphatic heterocycles. The maximum atomic E-state index is 6.55. The van der Waals surface area contributed by atoms with Gasteiger partial charge < -0.3 is 8.98 Å². The first-order valence-electron chi connectivity index (χ1n) is 21.3. The van der Waals surface area contributed by atoms with Crippen molar-refractivity contribution in [3.63, 3.8) is 0 Å². The summed E-state index contributed by atoms with van der Waals surface area (Å²) < 4.78 is 10.4. The van der Waals surface area contributed by atoms with Gasteiger partial charge in [0.25, 0.3) is 0 Å². The van der Waals surface area contributed by atoms with Crippen LogP contribution in [0.15, 0.2) is 138 Å². The van der Waals surface area contributed by atoms with Gasteiger partial charge in [0.05, 0.1) is 28.1 Å². The summed E-state index contributed by atoms with van der Waals surface area (Å²) >= 11 is -1.86. The Morgan fingerprint density at radius 1 is 0.672 bits per heavy atom. The molecule has 61 heavy (non-hydrogen) atoms. The van der Waals surface area contributed by atoms with Crippen LogP contribution >= 0.6 is 0 Å². The van der Waals surface area contributed by atoms with Crippen molar-refractivity contribution in [3.8, 4) is 39.6 Å². The van der Waals surface area contributed by atoms with E-state index in [2.05, 4.69) is 161 Å². The van der Waals surface area contributed by atoms with Crippen molar-refractivity contribution >= 4 is 50.8 Å². The average molecular weight is 1040 g/mol. The molecule has 9 aromatic rings. The molecule has 7 heteroatoms. The fraction of sp³-hybridized carbons (Fsp3) is 0.241. The van der Waals surface area contributed by atoms with Crippen molar-refractivity contribution in [2.45, 2.75) is 77.1 Å². The Balaban J connectivity index is 0.000000226. The maximum Gasteiger partial charge on any atom is 0.216 e. The smallest absolute Gasteiger partial charge is 0.216 e. The molecule has 5 aromatic carbocycles. The SMILES string of the molecule is CC(C)Cc1cc(-c2[c-]cccc2)nc[c]1[Ge]([CH3])([CH3])[CH3].CC(C)c1cccc(C(C)C)c1-n1c(-c2[c-]ccc3c2oc2nc(-c4ccccc4)ccc23)nc2ccccc21.[Ir]. The number of aromatic nitrogens is 4. The van der Waals surface area contributed by atoms with E-state index in [1.165, 1.54) is 22.4 Å². The number of rotatable bonds is 9. The van der Waals surface area contributed by atoms with E-state index in [9.17, 15) is 0 Å². The second-order valence-electron chi connectivity index (χ2n) is 17.8. The van der Waals surface area contributed by atoms with Gasteiger partial charge in [0.1, 0.15) is 0 Å². The van der Waals surface area contributed by atoms with E-state index in [1.807, 2.05) is 48.5 Å². The van der Waals surface area contributed by atoms with Gasteiger partial charge in [0, 0.05) is 36.7 Å². The van der Waals surface area contributed by atoms with E-state index in [1.54, 1.807) is 4.40 Å². The normalized spacial score (nSPS) is 11.7. The Hall–Kier alpha value is -5.14. The molecule has 0 amide bonds. The van der Waals surface area contributed by atoms with Crippen LogP contribution in [-0.4, -0.2) is 32.8 Å². The third kappa shape index (κ3) is 9.09. The minimum atomic E-state index is -1.86. The van der Waals surface area contributed by atoms with Crippen molar-refractivity contribution in [1.29, 1.82) is 0 Å². The van der Waals surface area contributed by atoms with E-state index in [0.29, 0.717) is 23.5 Å². The average Bonchev–Trinajstić information content (AvgIpc) is 3.82. The van der Waals surface area contributed by atoms with Gasteiger partial charge in [-0.05, 0) is 47.2 Å². The first-order valence-corrected chi connectivity index (χ1v) is 28.6. The molecule has 0 atom stereocenters. The summed E-state index contributed by atoms with van der Waals surface area (Å²) in [6, 6.07) is 50.6. The summed E-state index contributed by atoms with van der Waals surface area (Å²) in [4.78, 5) is 14.8. The van der Waals surface area contributed by atoms with Gasteiger partial charge in [-0.1, -0.05) is 99.3 Å². The van der Waals surface area contributed by atoms with Gasteiger partial charge in [-0.3, -0.25) is 4.98 Å². The van der Waals surface area contributed by atoms with Gasteiger partial charge in [0.15, 0.2) is 0 Å². The number of furan rings is 1. The Bertz CT molecular complexity index is 2900. The van der Waals surface area contributed by atoms with Crippen molar-refractivity contribution in [2.75, 3.05) is 0 Å². The first kappa shape index (κ1) is 43.9. The van der Waals surface area contributed by atoms with Crippen LogP contribution in [0.25, 0.3) is 72.7 Å². The van der Waals surface area contributed by atoms with Crippen LogP contribution in [0.1, 0.15) is 70.1 Å². The van der Waals surface area contributed by atoms with Crippen LogP contribution in [0, 0.1) is 18.1 Å². The van der Waals surface area contributed by atoms with E-state index in [-0.39, 0.29) is 20.1 Å². The van der Waals surface area contributed by atoms with Crippen molar-refractivity contribution in [1.82, 2.24) is 19.5 Å². The number of nitrogens with zero attached hydrogens (tertiary/aromatic N) is 4. The largest absolute Gasteiger partial charge is 0.486 e. The third-order valence-corrected chi connectivity index (χ3v) is 15.5. The van der Waals surface area contributed by atoms with Crippen LogP contribution in [0.4, 0.5) is 0 Å². The van der Waals surface area contributed by atoms with Gasteiger partial charge >= 0.3 is 126 Å². The molecule has 0 unspecified atom stereocenters. The van der Waals surface area contributed by atoms with Crippen molar-refractivity contribution in [2.24, 2.45) is 5.92 Å². The van der Waals surface area contributed by atoms with E-state index in [4.69, 9.17) is 19.4 Å². The molecular formula is C54H54GeIrN4O-2. The predicted octanol–water partition coefficient (Wildman–Crippen LogP) is 14.0. The summed E-state index contributed by atoms with van der Waals surface area (Å²) in [5.74, 6) is 9.50. The van der Waals surface area contributed by atoms with Gasteiger partial charge in [-0.25, -0.2) is 4.98 Å². The maximum absolute atomic E-state index is 6.55. The van der Waals surface area contributed by atoms with Gasteiger partial charge in [0.2, 0.25) is 5.71 Å². The molecule has 0 saturated heterocycles. The van der Waals surface area contributed by atoms with E-state index >= 15 is 0 Å². The van der Waals surface area contributed by atoms with Gasteiger partial charge in [-0.15, -0.1) is 18.2 Å². The topological polar surface area (TPSA) is 56.7 Å². The fourth-order valence-corrected chi connectivity index (χ4v) is 11.6. The standard InChI is InChI=1S/C36H30N3O.C18H24GeN.Ir/c1-22(2)25-14-10-15-26(23(3)4)33(25)39-32-19-9-8-18-31(32)37-35(39)29-17-11-16-27-28-20-21-30(24-12-6-5-7-13-24)38-36(28)40-34(27)29;1-14(2)11-16-12-18(15-9-7-6-8-10-15)20-13-17(16)19(3,4)5;/h5-16,18-23H,1-4H3;6-9,12-14H,11H2,1-5H3;/q2*-1;. The summed E-state index contributed by atoms with van der Waals surface area (Å²) in [6.45, 7) is 13.6. The van der Waals surface area contributed by atoms with E-state index < -0.39 is 13.3 Å². The fourth-order valence-electron chi connectivity index (χ4n) is 8.23. The Kier molecular flexibility index (Phi) is 13.3. The van der Waals surface area contributed by atoms with Crippen LogP contribution < -0.4 is 4.40 Å². The number of imidazole rings is 1. The number of para-hydroxylation sites is 3. The molecule has 5 nitrogen and oxygen atoms in total. The van der Waals surface area contributed by atoms with Gasteiger partial charge in [-0.2, -0.15) is 0 Å². The Morgan fingerprint density at radius 3 is 2.05 bits per heavy atom. The number of hydrogen-bond donors (Lipinski definition) is 0. The first-order chi connectivity index (χ1) is 28.9. The number of fused-ring (bicyclic) bond motifs is 4. The summed E-state index contributed by atoms with van der Waals surface area (Å²) in [5, 5.41) is 1.99. The molecule has 0 bridgehead atoms. The molecule has 1 radical (unpaired) electrons. The molecule has 9 rings (SSSR count).